The Balaban J connectivity index is 2.13. The monoisotopic (exact) mass is 390 g/mol. The predicted molar refractivity (Wildman–Crippen MR) is 77.2 cm³/mol. The van der Waals surface area contributed by atoms with Crippen LogP contribution in [-0.4, -0.2) is 0 Å². The fourth-order valence-electron chi connectivity index (χ4n) is 1.57. The lowest BCUT2D eigenvalue weighted by molar-refractivity contribution is 0.0966. The molecule has 2 unspecified atom stereocenters. The number of hydrogen-bond donors (Lipinski definition) is 0. The molecule has 2 aromatic carbocycles. The van der Waals surface area contributed by atoms with E-state index in [9.17, 15) is 8.78 Å². The lowest BCUT2D eigenvalue weighted by Crippen LogP contribution is -2.04. The van der Waals surface area contributed by atoms with Crippen LogP contribution in [0.15, 0.2) is 48.5 Å². The maximum Gasteiger partial charge on any atom is 0.142 e. The van der Waals surface area contributed by atoms with Gasteiger partial charge in [0, 0.05) is 11.1 Å². The molecule has 2 rings (SSSR count). The summed E-state index contributed by atoms with van der Waals surface area (Å²) in [4.78, 5) is 0. The van der Waals surface area contributed by atoms with E-state index in [2.05, 4.69) is 31.9 Å². The molecule has 0 aromatic heterocycles. The Kier molecular flexibility index (Phi) is 5.07. The fraction of sp³-hybridized carbons (Fsp3) is 0.143. The average Bonchev–Trinajstić information content (AvgIpc) is 2.39. The minimum Gasteiger partial charge on any atom is -0.343 e. The molecule has 0 saturated carbocycles. The Morgan fingerprint density at radius 1 is 0.737 bits per heavy atom. The van der Waals surface area contributed by atoms with Gasteiger partial charge < -0.3 is 4.74 Å². The Bertz CT molecular complexity index is 513. The van der Waals surface area contributed by atoms with Crippen LogP contribution in [0.5, 0.6) is 0 Å². The van der Waals surface area contributed by atoms with E-state index < -0.39 is 10.0 Å². The highest BCUT2D eigenvalue weighted by Gasteiger charge is 2.19. The molecule has 1 nitrogen and oxygen atoms in total. The van der Waals surface area contributed by atoms with Gasteiger partial charge in [-0.25, -0.2) is 8.78 Å². The molecule has 19 heavy (non-hydrogen) atoms. The molecule has 0 radical (unpaired) electrons. The van der Waals surface area contributed by atoms with Crippen LogP contribution in [-0.2, 0) is 4.74 Å². The molecule has 0 bridgehead atoms. The second kappa shape index (κ2) is 6.59. The number of rotatable bonds is 4. The number of benzene rings is 2. The van der Waals surface area contributed by atoms with Crippen molar-refractivity contribution in [1.82, 2.24) is 0 Å². The van der Waals surface area contributed by atoms with E-state index >= 15 is 0 Å². The molecule has 0 amide bonds. The highest BCUT2D eigenvalue weighted by Crippen LogP contribution is 2.36. The molecule has 0 fully saturated rings. The summed E-state index contributed by atoms with van der Waals surface area (Å²) >= 11 is 6.49. The summed E-state index contributed by atoms with van der Waals surface area (Å²) in [5.41, 5.74) is 0.728. The summed E-state index contributed by atoms with van der Waals surface area (Å²) in [6.07, 6.45) is 0. The van der Waals surface area contributed by atoms with E-state index in [-0.39, 0.29) is 11.6 Å². The third-order valence-electron chi connectivity index (χ3n) is 2.54. The van der Waals surface area contributed by atoms with E-state index in [1.807, 2.05) is 0 Å². The second-order valence-electron chi connectivity index (χ2n) is 3.81. The van der Waals surface area contributed by atoms with Crippen molar-refractivity contribution in [2.75, 3.05) is 0 Å². The maximum absolute atomic E-state index is 13.6. The molecule has 100 valence electrons. The van der Waals surface area contributed by atoms with Gasteiger partial charge in [-0.3, -0.25) is 0 Å². The molecular weight excluding hydrogens is 382 g/mol. The van der Waals surface area contributed by atoms with Crippen LogP contribution >= 0.6 is 31.9 Å². The zero-order valence-electron chi connectivity index (χ0n) is 9.69. The van der Waals surface area contributed by atoms with Crippen LogP contribution in [0.4, 0.5) is 8.78 Å². The quantitative estimate of drug-likeness (QED) is 0.628. The largest absolute Gasteiger partial charge is 0.343 e. The Hall–Kier alpha value is -0.780. The molecule has 0 aliphatic carbocycles. The minimum absolute atomic E-state index is 0.364. The zero-order chi connectivity index (χ0) is 13.8. The Labute approximate surface area is 126 Å². The molecule has 0 aliphatic rings. The number of hydrogen-bond acceptors (Lipinski definition) is 1. The van der Waals surface area contributed by atoms with Crippen molar-refractivity contribution in [2.45, 2.75) is 10.0 Å². The van der Waals surface area contributed by atoms with Crippen molar-refractivity contribution in [3.05, 3.63) is 71.3 Å². The molecule has 0 heterocycles. The van der Waals surface area contributed by atoms with Crippen LogP contribution in [0.3, 0.4) is 0 Å². The van der Waals surface area contributed by atoms with Crippen molar-refractivity contribution in [1.29, 1.82) is 0 Å². The van der Waals surface area contributed by atoms with Gasteiger partial charge in [0.05, 0.1) is 0 Å². The Morgan fingerprint density at radius 2 is 1.11 bits per heavy atom. The van der Waals surface area contributed by atoms with Gasteiger partial charge in [0.1, 0.15) is 21.7 Å². The molecule has 0 spiro atoms. The molecule has 0 saturated heterocycles. The smallest absolute Gasteiger partial charge is 0.142 e. The summed E-state index contributed by atoms with van der Waals surface area (Å²) in [7, 11) is 0. The lowest BCUT2D eigenvalue weighted by Gasteiger charge is -2.18. The van der Waals surface area contributed by atoms with Crippen molar-refractivity contribution >= 4 is 31.9 Å². The molecule has 5 heteroatoms. The number of halogens is 4. The van der Waals surface area contributed by atoms with Crippen molar-refractivity contribution in [3.8, 4) is 0 Å². The van der Waals surface area contributed by atoms with Gasteiger partial charge in [-0.15, -0.1) is 0 Å². The Morgan fingerprint density at radius 3 is 1.47 bits per heavy atom. The van der Waals surface area contributed by atoms with Crippen molar-refractivity contribution in [3.63, 3.8) is 0 Å². The van der Waals surface area contributed by atoms with Crippen LogP contribution in [0, 0.1) is 11.6 Å². The summed E-state index contributed by atoms with van der Waals surface area (Å²) < 4.78 is 32.7. The third kappa shape index (κ3) is 3.61. The van der Waals surface area contributed by atoms with Crippen molar-refractivity contribution in [2.24, 2.45) is 0 Å². The summed E-state index contributed by atoms with van der Waals surface area (Å²) in [5.74, 6) is -0.754. The average molecular weight is 392 g/mol. The van der Waals surface area contributed by atoms with Gasteiger partial charge >= 0.3 is 0 Å². The molecular formula is C14H10Br2F2O. The maximum atomic E-state index is 13.6. The summed E-state index contributed by atoms with van der Waals surface area (Å²) in [5, 5.41) is -1.34. The van der Waals surface area contributed by atoms with Gasteiger partial charge in [-0.05, 0) is 12.1 Å². The van der Waals surface area contributed by atoms with E-state index in [0.717, 1.165) is 0 Å². The van der Waals surface area contributed by atoms with Crippen molar-refractivity contribution < 1.29 is 13.5 Å². The standard InChI is InChI=1S/C14H10Br2F2O/c15-13(9-5-1-3-7-11(9)17)19-14(16)10-6-2-4-8-12(10)18/h1-8,13-14H. The number of alkyl halides is 2. The molecule has 0 N–H and O–H groups in total. The SMILES string of the molecule is Fc1ccccc1C(Br)OC(Br)c1ccccc1F. The minimum atomic E-state index is -0.669. The van der Waals surface area contributed by atoms with Crippen LogP contribution in [0.1, 0.15) is 21.2 Å². The van der Waals surface area contributed by atoms with Gasteiger partial charge in [-0.1, -0.05) is 68.3 Å². The van der Waals surface area contributed by atoms with Gasteiger partial charge in [0.25, 0.3) is 0 Å². The van der Waals surface area contributed by atoms with Crippen LogP contribution in [0.2, 0.25) is 0 Å². The first kappa shape index (κ1) is 14.6. The van der Waals surface area contributed by atoms with Gasteiger partial charge in [0.2, 0.25) is 0 Å². The third-order valence-corrected chi connectivity index (χ3v) is 3.96. The van der Waals surface area contributed by atoms with Crippen LogP contribution in [0.25, 0.3) is 0 Å². The van der Waals surface area contributed by atoms with Gasteiger partial charge in [0.15, 0.2) is 0 Å². The second-order valence-corrected chi connectivity index (χ2v) is 5.47. The first-order valence-electron chi connectivity index (χ1n) is 5.52. The topological polar surface area (TPSA) is 9.23 Å². The van der Waals surface area contributed by atoms with Gasteiger partial charge in [-0.2, -0.15) is 0 Å². The summed E-state index contributed by atoms with van der Waals surface area (Å²) in [6.45, 7) is 0. The normalized spacial score (nSPS) is 14.1. The first-order chi connectivity index (χ1) is 9.09. The van der Waals surface area contributed by atoms with E-state index in [4.69, 9.17) is 4.74 Å². The molecule has 2 aromatic rings. The highest BCUT2D eigenvalue weighted by atomic mass is 79.9. The zero-order valence-corrected chi connectivity index (χ0v) is 12.9. The fourth-order valence-corrected chi connectivity index (χ4v) is 3.03. The van der Waals surface area contributed by atoms with E-state index in [1.165, 1.54) is 12.1 Å². The lowest BCUT2D eigenvalue weighted by atomic mass is 10.2. The van der Waals surface area contributed by atoms with E-state index in [1.54, 1.807) is 36.4 Å². The predicted octanol–water partition coefficient (Wildman–Crippen LogP) is 5.47. The first-order valence-corrected chi connectivity index (χ1v) is 7.35. The molecule has 0 aliphatic heterocycles. The highest BCUT2D eigenvalue weighted by molar-refractivity contribution is 9.09. The number of ether oxygens (including phenoxy) is 1. The summed E-state index contributed by atoms with van der Waals surface area (Å²) in [6, 6.07) is 12.5. The van der Waals surface area contributed by atoms with E-state index in [0.29, 0.717) is 11.1 Å². The molecule has 2 atom stereocenters. The van der Waals surface area contributed by atoms with Crippen LogP contribution < -0.4 is 0 Å².